The number of hydrogen-bond acceptors (Lipinski definition) is 3. The summed E-state index contributed by atoms with van der Waals surface area (Å²) >= 11 is 5.99. The van der Waals surface area contributed by atoms with Crippen LogP contribution in [0, 0.1) is 0 Å². The predicted octanol–water partition coefficient (Wildman–Crippen LogP) is 4.99. The maximum absolute atomic E-state index is 13.2. The Labute approximate surface area is 159 Å². The second-order valence-electron chi connectivity index (χ2n) is 6.02. The van der Waals surface area contributed by atoms with E-state index in [1.165, 1.54) is 0 Å². The van der Waals surface area contributed by atoms with Crippen LogP contribution in [-0.2, 0) is 4.74 Å². The van der Waals surface area contributed by atoms with Gasteiger partial charge in [0.15, 0.2) is 0 Å². The molecule has 0 fully saturated rings. The highest BCUT2D eigenvalue weighted by molar-refractivity contribution is 6.30. The van der Waals surface area contributed by atoms with Crippen molar-refractivity contribution in [3.63, 3.8) is 0 Å². The molecule has 1 atom stereocenters. The van der Waals surface area contributed by atoms with Crippen LogP contribution in [0.5, 0.6) is 5.75 Å². The molecule has 136 valence electrons. The summed E-state index contributed by atoms with van der Waals surface area (Å²) in [5, 5.41) is 0.694. The number of rotatable bonds is 5. The average molecular weight is 372 g/mol. The van der Waals surface area contributed by atoms with Gasteiger partial charge in [-0.1, -0.05) is 35.9 Å². The molecule has 0 radical (unpaired) electrons. The van der Waals surface area contributed by atoms with Crippen molar-refractivity contribution in [3.8, 4) is 5.75 Å². The first-order valence-corrected chi connectivity index (χ1v) is 9.05. The van der Waals surface area contributed by atoms with Gasteiger partial charge in [-0.05, 0) is 55.2 Å². The van der Waals surface area contributed by atoms with Crippen LogP contribution in [0.2, 0.25) is 5.02 Å². The molecule has 0 aromatic heterocycles. The number of carbonyl (C=O) groups is 1. The number of halogens is 1. The van der Waals surface area contributed by atoms with E-state index in [0.29, 0.717) is 22.9 Å². The number of nitrogens with zero attached hydrogens (tertiary/aromatic N) is 1. The first kappa shape index (κ1) is 18.5. The van der Waals surface area contributed by atoms with E-state index >= 15 is 0 Å². The van der Waals surface area contributed by atoms with Crippen molar-refractivity contribution >= 4 is 23.1 Å². The van der Waals surface area contributed by atoms with Gasteiger partial charge in [0.2, 0.25) is 0 Å². The molecule has 4 nitrogen and oxygen atoms in total. The first-order valence-electron chi connectivity index (χ1n) is 8.68. The maximum Gasteiger partial charge on any atom is 0.263 e. The Morgan fingerprint density at radius 1 is 1.19 bits per heavy atom. The van der Waals surface area contributed by atoms with Gasteiger partial charge in [0, 0.05) is 17.8 Å². The summed E-state index contributed by atoms with van der Waals surface area (Å²) in [6, 6.07) is 14.9. The second-order valence-corrected chi connectivity index (χ2v) is 6.46. The zero-order valence-corrected chi connectivity index (χ0v) is 15.7. The van der Waals surface area contributed by atoms with Gasteiger partial charge < -0.3 is 9.47 Å². The van der Waals surface area contributed by atoms with Gasteiger partial charge in [-0.25, -0.2) is 0 Å². The number of ether oxygens (including phenoxy) is 2. The summed E-state index contributed by atoms with van der Waals surface area (Å²) < 4.78 is 11.2. The zero-order valence-electron chi connectivity index (χ0n) is 14.9. The molecule has 3 rings (SSSR count). The molecule has 0 aliphatic carbocycles. The molecule has 5 heteroatoms. The highest BCUT2D eigenvalue weighted by Gasteiger charge is 2.29. The van der Waals surface area contributed by atoms with Gasteiger partial charge in [-0.2, -0.15) is 0 Å². The van der Waals surface area contributed by atoms with Gasteiger partial charge in [0.05, 0.1) is 12.7 Å². The highest BCUT2D eigenvalue weighted by Crippen LogP contribution is 2.31. The highest BCUT2D eigenvalue weighted by atomic mass is 35.5. The SMILES string of the molecule is CCO[C@@H]1CCC(c2ccc(Cl)cc2)=CN1C(=O)c1ccccc1OC. The van der Waals surface area contributed by atoms with Crippen LogP contribution in [0.1, 0.15) is 35.7 Å². The van der Waals surface area contributed by atoms with Crippen LogP contribution in [0.25, 0.3) is 5.57 Å². The van der Waals surface area contributed by atoms with Crippen LogP contribution in [-0.4, -0.2) is 30.8 Å². The van der Waals surface area contributed by atoms with E-state index in [4.69, 9.17) is 21.1 Å². The molecular formula is C21H22ClNO3. The molecule has 1 heterocycles. The van der Waals surface area contributed by atoms with Gasteiger partial charge >= 0.3 is 0 Å². The van der Waals surface area contributed by atoms with Gasteiger partial charge in [-0.15, -0.1) is 0 Å². The normalized spacial score (nSPS) is 17.0. The first-order chi connectivity index (χ1) is 12.6. The number of allylic oxidation sites excluding steroid dienone is 1. The summed E-state index contributed by atoms with van der Waals surface area (Å²) in [5.41, 5.74) is 2.66. The molecule has 0 saturated carbocycles. The lowest BCUT2D eigenvalue weighted by molar-refractivity contribution is -0.0286. The minimum absolute atomic E-state index is 0.132. The van der Waals surface area contributed by atoms with E-state index in [2.05, 4.69) is 0 Å². The largest absolute Gasteiger partial charge is 0.496 e. The van der Waals surface area contributed by atoms with E-state index in [0.717, 1.165) is 24.0 Å². The molecule has 2 aromatic rings. The molecule has 0 saturated heterocycles. The van der Waals surface area contributed by atoms with Crippen molar-refractivity contribution in [1.29, 1.82) is 0 Å². The van der Waals surface area contributed by atoms with E-state index in [1.54, 1.807) is 24.1 Å². The molecule has 0 spiro atoms. The quantitative estimate of drug-likeness (QED) is 0.743. The maximum atomic E-state index is 13.2. The summed E-state index contributed by atoms with van der Waals surface area (Å²) in [5.74, 6) is 0.423. The Balaban J connectivity index is 1.97. The monoisotopic (exact) mass is 371 g/mol. The fourth-order valence-electron chi connectivity index (χ4n) is 3.12. The molecule has 0 unspecified atom stereocenters. The Morgan fingerprint density at radius 3 is 2.62 bits per heavy atom. The number of para-hydroxylation sites is 1. The lowest BCUT2D eigenvalue weighted by Crippen LogP contribution is -2.40. The fourth-order valence-corrected chi connectivity index (χ4v) is 3.25. The third-order valence-electron chi connectivity index (χ3n) is 4.41. The molecule has 0 N–H and O–H groups in total. The second kappa shape index (κ2) is 8.39. The molecule has 2 aromatic carbocycles. The minimum Gasteiger partial charge on any atom is -0.496 e. The van der Waals surface area contributed by atoms with Gasteiger partial charge in [0.1, 0.15) is 12.0 Å². The summed E-state index contributed by atoms with van der Waals surface area (Å²) in [6.45, 7) is 2.48. The van der Waals surface area contributed by atoms with Gasteiger partial charge in [0.25, 0.3) is 5.91 Å². The molecule has 1 amide bonds. The van der Waals surface area contributed by atoms with E-state index < -0.39 is 0 Å². The van der Waals surface area contributed by atoms with Crippen LogP contribution in [0.4, 0.5) is 0 Å². The van der Waals surface area contributed by atoms with Crippen molar-refractivity contribution in [2.45, 2.75) is 26.0 Å². The van der Waals surface area contributed by atoms with Crippen LogP contribution >= 0.6 is 11.6 Å². The number of hydrogen-bond donors (Lipinski definition) is 0. The van der Waals surface area contributed by atoms with Crippen molar-refractivity contribution in [2.75, 3.05) is 13.7 Å². The third kappa shape index (κ3) is 3.92. The number of carbonyl (C=O) groups excluding carboxylic acids is 1. The molecule has 1 aliphatic rings. The smallest absolute Gasteiger partial charge is 0.263 e. The van der Waals surface area contributed by atoms with Crippen LogP contribution in [0.3, 0.4) is 0 Å². The molecule has 1 aliphatic heterocycles. The summed E-state index contributed by atoms with van der Waals surface area (Å²) in [4.78, 5) is 14.9. The standard InChI is InChI=1S/C21H22ClNO3/c1-3-26-20-13-10-16(15-8-11-17(22)12-9-15)14-23(20)21(24)18-6-4-5-7-19(18)25-2/h4-9,11-12,14,20H,3,10,13H2,1-2H3/t20-/m1/s1. The van der Waals surface area contributed by atoms with Crippen LogP contribution < -0.4 is 4.74 Å². The molecule has 0 bridgehead atoms. The fraction of sp³-hybridized carbons (Fsp3) is 0.286. The zero-order chi connectivity index (χ0) is 18.5. The lowest BCUT2D eigenvalue weighted by Gasteiger charge is -2.34. The third-order valence-corrected chi connectivity index (χ3v) is 4.66. The number of benzene rings is 2. The van der Waals surface area contributed by atoms with E-state index in [9.17, 15) is 4.79 Å². The van der Waals surface area contributed by atoms with Crippen molar-refractivity contribution in [1.82, 2.24) is 4.90 Å². The lowest BCUT2D eigenvalue weighted by atomic mass is 9.98. The topological polar surface area (TPSA) is 38.8 Å². The Hall–Kier alpha value is -2.30. The van der Waals surface area contributed by atoms with Crippen molar-refractivity contribution < 1.29 is 14.3 Å². The summed E-state index contributed by atoms with van der Waals surface area (Å²) in [7, 11) is 1.57. The average Bonchev–Trinajstić information content (AvgIpc) is 2.68. The van der Waals surface area contributed by atoms with Crippen molar-refractivity contribution in [3.05, 3.63) is 70.9 Å². The molecule has 26 heavy (non-hydrogen) atoms. The Kier molecular flexibility index (Phi) is 5.96. The van der Waals surface area contributed by atoms with Crippen molar-refractivity contribution in [2.24, 2.45) is 0 Å². The minimum atomic E-state index is -0.284. The predicted molar refractivity (Wildman–Crippen MR) is 103 cm³/mol. The van der Waals surface area contributed by atoms with Gasteiger partial charge in [-0.3, -0.25) is 9.69 Å². The number of methoxy groups -OCH3 is 1. The van der Waals surface area contributed by atoms with E-state index in [-0.39, 0.29) is 12.1 Å². The van der Waals surface area contributed by atoms with E-state index in [1.807, 2.05) is 49.5 Å². The molecular weight excluding hydrogens is 350 g/mol. The number of amides is 1. The van der Waals surface area contributed by atoms with Crippen LogP contribution in [0.15, 0.2) is 54.7 Å². The Bertz CT molecular complexity index is 801. The Morgan fingerprint density at radius 2 is 1.92 bits per heavy atom. The summed E-state index contributed by atoms with van der Waals surface area (Å²) in [6.07, 6.45) is 3.18.